The SMILES string of the molecule is CCCC(CCCN1CCN(CC)CC1)OC. The highest BCUT2D eigenvalue weighted by Crippen LogP contribution is 2.10. The number of nitrogens with zero attached hydrogens (tertiary/aromatic N) is 2. The van der Waals surface area contributed by atoms with Gasteiger partial charge in [-0.15, -0.1) is 0 Å². The molecule has 1 fully saturated rings. The molecule has 17 heavy (non-hydrogen) atoms. The van der Waals surface area contributed by atoms with Gasteiger partial charge in [-0.05, 0) is 32.4 Å². The van der Waals surface area contributed by atoms with Gasteiger partial charge >= 0.3 is 0 Å². The minimum Gasteiger partial charge on any atom is -0.381 e. The molecule has 0 aromatic rings. The zero-order chi connectivity index (χ0) is 12.5. The van der Waals surface area contributed by atoms with Gasteiger partial charge < -0.3 is 14.5 Å². The van der Waals surface area contributed by atoms with Crippen molar-refractivity contribution in [1.29, 1.82) is 0 Å². The lowest BCUT2D eigenvalue weighted by molar-refractivity contribution is 0.0778. The summed E-state index contributed by atoms with van der Waals surface area (Å²) >= 11 is 0. The summed E-state index contributed by atoms with van der Waals surface area (Å²) in [7, 11) is 1.85. The molecule has 1 saturated heterocycles. The van der Waals surface area contributed by atoms with Crippen LogP contribution < -0.4 is 0 Å². The Morgan fingerprint density at radius 3 is 2.18 bits per heavy atom. The van der Waals surface area contributed by atoms with Crippen molar-refractivity contribution in [3.8, 4) is 0 Å². The number of likely N-dealkylation sites (N-methyl/N-ethyl adjacent to an activating group) is 1. The molecule has 0 aromatic heterocycles. The minimum absolute atomic E-state index is 0.483. The molecule has 0 amide bonds. The lowest BCUT2D eigenvalue weighted by Crippen LogP contribution is -2.46. The predicted molar refractivity (Wildman–Crippen MR) is 73.5 cm³/mol. The average molecular weight is 242 g/mol. The molecule has 0 aromatic carbocycles. The maximum absolute atomic E-state index is 5.49. The predicted octanol–water partition coefficient (Wildman–Crippen LogP) is 2.22. The first-order valence-electron chi connectivity index (χ1n) is 7.27. The Hall–Kier alpha value is -0.120. The third-order valence-electron chi connectivity index (χ3n) is 3.86. The Balaban J connectivity index is 2.06. The van der Waals surface area contributed by atoms with E-state index in [-0.39, 0.29) is 0 Å². The molecule has 102 valence electrons. The van der Waals surface area contributed by atoms with Crippen molar-refractivity contribution >= 4 is 0 Å². The standard InChI is InChI=1S/C14H30N2O/c1-4-7-14(17-3)8-6-9-16-12-10-15(5-2)11-13-16/h14H,4-13H2,1-3H3. The first kappa shape index (κ1) is 14.9. The second kappa shape index (κ2) is 8.90. The monoisotopic (exact) mass is 242 g/mol. The van der Waals surface area contributed by atoms with Crippen molar-refractivity contribution in [3.63, 3.8) is 0 Å². The van der Waals surface area contributed by atoms with Crippen LogP contribution in [0.1, 0.15) is 39.5 Å². The van der Waals surface area contributed by atoms with Crippen molar-refractivity contribution in [2.75, 3.05) is 46.4 Å². The van der Waals surface area contributed by atoms with Gasteiger partial charge in [0.1, 0.15) is 0 Å². The summed E-state index contributed by atoms with van der Waals surface area (Å²) in [4.78, 5) is 5.14. The van der Waals surface area contributed by atoms with E-state index in [4.69, 9.17) is 4.74 Å². The van der Waals surface area contributed by atoms with Gasteiger partial charge in [-0.25, -0.2) is 0 Å². The zero-order valence-electron chi connectivity index (χ0n) is 12.0. The number of hydrogen-bond donors (Lipinski definition) is 0. The Morgan fingerprint density at radius 2 is 1.65 bits per heavy atom. The van der Waals surface area contributed by atoms with E-state index in [0.29, 0.717) is 6.10 Å². The van der Waals surface area contributed by atoms with E-state index in [9.17, 15) is 0 Å². The van der Waals surface area contributed by atoms with E-state index in [1.807, 2.05) is 7.11 Å². The van der Waals surface area contributed by atoms with Crippen LogP contribution in [0, 0.1) is 0 Å². The molecule has 1 atom stereocenters. The number of methoxy groups -OCH3 is 1. The number of rotatable bonds is 8. The van der Waals surface area contributed by atoms with Crippen molar-refractivity contribution in [1.82, 2.24) is 9.80 Å². The lowest BCUT2D eigenvalue weighted by Gasteiger charge is -2.34. The largest absolute Gasteiger partial charge is 0.381 e. The van der Waals surface area contributed by atoms with Crippen LogP contribution in [0.2, 0.25) is 0 Å². The Labute approximate surface area is 107 Å². The topological polar surface area (TPSA) is 15.7 Å². The lowest BCUT2D eigenvalue weighted by atomic mass is 10.1. The highest BCUT2D eigenvalue weighted by atomic mass is 16.5. The van der Waals surface area contributed by atoms with Gasteiger partial charge in [0.05, 0.1) is 6.10 Å². The molecule has 1 unspecified atom stereocenters. The molecule has 1 aliphatic rings. The fourth-order valence-corrected chi connectivity index (χ4v) is 2.57. The van der Waals surface area contributed by atoms with Crippen LogP contribution in [0.5, 0.6) is 0 Å². The second-order valence-electron chi connectivity index (χ2n) is 5.06. The van der Waals surface area contributed by atoms with Gasteiger partial charge in [-0.3, -0.25) is 0 Å². The van der Waals surface area contributed by atoms with Crippen LogP contribution in [-0.4, -0.2) is 62.3 Å². The Kier molecular flexibility index (Phi) is 7.82. The first-order valence-corrected chi connectivity index (χ1v) is 7.27. The number of ether oxygens (including phenoxy) is 1. The summed E-state index contributed by atoms with van der Waals surface area (Å²) in [6, 6.07) is 0. The highest BCUT2D eigenvalue weighted by Gasteiger charge is 2.15. The number of piperazine rings is 1. The molecule has 3 nitrogen and oxygen atoms in total. The van der Waals surface area contributed by atoms with Crippen LogP contribution in [0.4, 0.5) is 0 Å². The molecule has 0 bridgehead atoms. The van der Waals surface area contributed by atoms with Gasteiger partial charge in [0.25, 0.3) is 0 Å². The van der Waals surface area contributed by atoms with Crippen molar-refractivity contribution in [2.24, 2.45) is 0 Å². The van der Waals surface area contributed by atoms with E-state index < -0.39 is 0 Å². The van der Waals surface area contributed by atoms with Crippen molar-refractivity contribution in [2.45, 2.75) is 45.6 Å². The summed E-state index contributed by atoms with van der Waals surface area (Å²) in [6.07, 6.45) is 5.42. The third-order valence-corrected chi connectivity index (χ3v) is 3.86. The first-order chi connectivity index (χ1) is 8.30. The molecular weight excluding hydrogens is 212 g/mol. The highest BCUT2D eigenvalue weighted by molar-refractivity contribution is 4.71. The van der Waals surface area contributed by atoms with Crippen LogP contribution in [0.25, 0.3) is 0 Å². The minimum atomic E-state index is 0.483. The maximum Gasteiger partial charge on any atom is 0.0571 e. The summed E-state index contributed by atoms with van der Waals surface area (Å²) in [5.74, 6) is 0. The van der Waals surface area contributed by atoms with E-state index >= 15 is 0 Å². The molecule has 0 aliphatic carbocycles. The third kappa shape index (κ3) is 5.84. The molecule has 1 aliphatic heterocycles. The molecule has 0 spiro atoms. The Morgan fingerprint density at radius 1 is 1.00 bits per heavy atom. The molecule has 0 saturated carbocycles. The van der Waals surface area contributed by atoms with Crippen LogP contribution in [-0.2, 0) is 4.74 Å². The molecule has 1 rings (SSSR count). The van der Waals surface area contributed by atoms with Crippen LogP contribution in [0.15, 0.2) is 0 Å². The van der Waals surface area contributed by atoms with Crippen molar-refractivity contribution in [3.05, 3.63) is 0 Å². The van der Waals surface area contributed by atoms with Gasteiger partial charge in [-0.2, -0.15) is 0 Å². The summed E-state index contributed by atoms with van der Waals surface area (Å²) in [6.45, 7) is 11.9. The molecule has 0 radical (unpaired) electrons. The van der Waals surface area contributed by atoms with Gasteiger partial charge in [0, 0.05) is 33.3 Å². The van der Waals surface area contributed by atoms with E-state index in [1.54, 1.807) is 0 Å². The summed E-state index contributed by atoms with van der Waals surface area (Å²) < 4.78 is 5.49. The second-order valence-corrected chi connectivity index (χ2v) is 5.06. The Bertz CT molecular complexity index is 179. The summed E-state index contributed by atoms with van der Waals surface area (Å²) in [5, 5.41) is 0. The quantitative estimate of drug-likeness (QED) is 0.649. The van der Waals surface area contributed by atoms with Gasteiger partial charge in [-0.1, -0.05) is 20.3 Å². The van der Waals surface area contributed by atoms with Gasteiger partial charge in [0.15, 0.2) is 0 Å². The molecule has 3 heteroatoms. The fourth-order valence-electron chi connectivity index (χ4n) is 2.57. The van der Waals surface area contributed by atoms with Gasteiger partial charge in [0.2, 0.25) is 0 Å². The van der Waals surface area contributed by atoms with E-state index in [0.717, 1.165) is 0 Å². The number of hydrogen-bond acceptors (Lipinski definition) is 3. The molecule has 0 N–H and O–H groups in total. The van der Waals surface area contributed by atoms with E-state index in [2.05, 4.69) is 23.6 Å². The molecular formula is C14H30N2O. The van der Waals surface area contributed by atoms with E-state index in [1.165, 1.54) is 65.0 Å². The fraction of sp³-hybridized carbons (Fsp3) is 1.00. The maximum atomic E-state index is 5.49. The van der Waals surface area contributed by atoms with Crippen LogP contribution in [0.3, 0.4) is 0 Å². The smallest absolute Gasteiger partial charge is 0.0571 e. The summed E-state index contributed by atoms with van der Waals surface area (Å²) in [5.41, 5.74) is 0. The normalized spacial score (nSPS) is 20.6. The van der Waals surface area contributed by atoms with Crippen LogP contribution >= 0.6 is 0 Å². The average Bonchev–Trinajstić information content (AvgIpc) is 2.38. The molecule has 1 heterocycles. The zero-order valence-corrected chi connectivity index (χ0v) is 12.0. The van der Waals surface area contributed by atoms with Crippen molar-refractivity contribution < 1.29 is 4.74 Å².